The smallest absolute Gasteiger partial charge is 0.319 e. The zero-order valence-electron chi connectivity index (χ0n) is 14.1. The van der Waals surface area contributed by atoms with Gasteiger partial charge >= 0.3 is 5.97 Å². The molecule has 1 aromatic rings. The molecular formula is C19H23NO4. The van der Waals surface area contributed by atoms with Gasteiger partial charge in [0.05, 0.1) is 6.10 Å². The molecule has 128 valence electrons. The number of hydrogen-bond donors (Lipinski definition) is 1. The Morgan fingerprint density at radius 1 is 1.33 bits per heavy atom. The fourth-order valence-electron chi connectivity index (χ4n) is 4.63. The third-order valence-corrected chi connectivity index (χ3v) is 5.50. The first-order chi connectivity index (χ1) is 11.5. The van der Waals surface area contributed by atoms with Gasteiger partial charge < -0.3 is 14.8 Å². The second-order valence-electron chi connectivity index (χ2n) is 7.36. The molecule has 1 amide bonds. The lowest BCUT2D eigenvalue weighted by Crippen LogP contribution is -2.69. The van der Waals surface area contributed by atoms with Crippen LogP contribution in [0.15, 0.2) is 24.3 Å². The number of piperidine rings is 1. The van der Waals surface area contributed by atoms with Crippen LogP contribution in [0.25, 0.3) is 0 Å². The van der Waals surface area contributed by atoms with E-state index < -0.39 is 17.6 Å². The Balaban J connectivity index is 1.82. The number of amides is 1. The highest BCUT2D eigenvalue weighted by molar-refractivity contribution is 6.00. The van der Waals surface area contributed by atoms with Crippen molar-refractivity contribution in [2.75, 3.05) is 0 Å². The fraction of sp³-hybridized carbons (Fsp3) is 0.579. The van der Waals surface area contributed by atoms with E-state index in [-0.39, 0.29) is 23.8 Å². The van der Waals surface area contributed by atoms with Crippen LogP contribution < -0.4 is 10.1 Å². The summed E-state index contributed by atoms with van der Waals surface area (Å²) in [6.07, 6.45) is 3.62. The lowest BCUT2D eigenvalue weighted by molar-refractivity contribution is -0.173. The minimum Gasteiger partial charge on any atom is -0.467 e. The Morgan fingerprint density at radius 3 is 2.92 bits per heavy atom. The van der Waals surface area contributed by atoms with Crippen LogP contribution in [0.1, 0.15) is 51.0 Å². The van der Waals surface area contributed by atoms with Crippen molar-refractivity contribution in [1.29, 1.82) is 0 Å². The third-order valence-electron chi connectivity index (χ3n) is 5.50. The molecule has 0 spiro atoms. The zero-order valence-corrected chi connectivity index (χ0v) is 14.1. The predicted molar refractivity (Wildman–Crippen MR) is 87.4 cm³/mol. The van der Waals surface area contributed by atoms with Gasteiger partial charge in [-0.3, -0.25) is 9.59 Å². The normalized spacial score (nSPS) is 33.8. The molecular weight excluding hydrogens is 306 g/mol. The van der Waals surface area contributed by atoms with Crippen molar-refractivity contribution in [2.24, 2.45) is 11.8 Å². The second kappa shape index (κ2) is 5.50. The highest BCUT2D eigenvalue weighted by Crippen LogP contribution is 2.55. The lowest BCUT2D eigenvalue weighted by atomic mass is 9.62. The number of carbonyl (C=O) groups excluding carboxylic acids is 2. The molecule has 2 fully saturated rings. The highest BCUT2D eigenvalue weighted by Gasteiger charge is 2.61. The van der Waals surface area contributed by atoms with Crippen LogP contribution in [0.3, 0.4) is 0 Å². The first kappa shape index (κ1) is 15.5. The average Bonchev–Trinajstić information content (AvgIpc) is 2.53. The number of esters is 1. The largest absolute Gasteiger partial charge is 0.467 e. The van der Waals surface area contributed by atoms with E-state index in [0.29, 0.717) is 0 Å². The molecule has 1 N–H and O–H groups in total. The minimum absolute atomic E-state index is 0.114. The van der Waals surface area contributed by atoms with E-state index in [9.17, 15) is 9.59 Å². The highest BCUT2D eigenvalue weighted by atomic mass is 16.5. The molecule has 1 saturated heterocycles. The Morgan fingerprint density at radius 2 is 2.12 bits per heavy atom. The molecule has 2 heterocycles. The van der Waals surface area contributed by atoms with Crippen LogP contribution in [-0.4, -0.2) is 23.7 Å². The van der Waals surface area contributed by atoms with Crippen molar-refractivity contribution >= 4 is 11.9 Å². The average molecular weight is 329 g/mol. The number of nitrogens with one attached hydrogen (secondary N) is 1. The third kappa shape index (κ3) is 2.21. The first-order valence-corrected chi connectivity index (χ1v) is 8.82. The van der Waals surface area contributed by atoms with Crippen molar-refractivity contribution in [3.05, 3.63) is 29.8 Å². The van der Waals surface area contributed by atoms with E-state index in [4.69, 9.17) is 9.47 Å². The van der Waals surface area contributed by atoms with E-state index >= 15 is 0 Å². The van der Waals surface area contributed by atoms with E-state index in [1.54, 1.807) is 0 Å². The number of benzene rings is 1. The molecule has 2 aliphatic heterocycles. The maximum absolute atomic E-state index is 12.8. The van der Waals surface area contributed by atoms with Gasteiger partial charge in [-0.2, -0.15) is 0 Å². The van der Waals surface area contributed by atoms with Crippen LogP contribution >= 0.6 is 0 Å². The Kier molecular flexibility index (Phi) is 3.55. The molecule has 4 atom stereocenters. The van der Waals surface area contributed by atoms with E-state index in [2.05, 4.69) is 5.32 Å². The second-order valence-corrected chi connectivity index (χ2v) is 7.36. The molecule has 5 nitrogen and oxygen atoms in total. The van der Waals surface area contributed by atoms with Gasteiger partial charge in [0.25, 0.3) is 0 Å². The van der Waals surface area contributed by atoms with Crippen molar-refractivity contribution in [2.45, 2.75) is 57.3 Å². The van der Waals surface area contributed by atoms with Crippen molar-refractivity contribution < 1.29 is 19.1 Å². The monoisotopic (exact) mass is 329 g/mol. The van der Waals surface area contributed by atoms with Crippen molar-refractivity contribution in [1.82, 2.24) is 5.32 Å². The van der Waals surface area contributed by atoms with Gasteiger partial charge in [-0.1, -0.05) is 24.6 Å². The van der Waals surface area contributed by atoms with Crippen LogP contribution in [0.2, 0.25) is 0 Å². The van der Waals surface area contributed by atoms with Gasteiger partial charge in [0.15, 0.2) is 5.72 Å². The molecule has 0 aromatic heterocycles. The molecule has 5 heteroatoms. The van der Waals surface area contributed by atoms with Crippen molar-refractivity contribution in [3.63, 3.8) is 0 Å². The summed E-state index contributed by atoms with van der Waals surface area (Å²) in [7, 11) is 0. The molecule has 1 aromatic carbocycles. The van der Waals surface area contributed by atoms with Gasteiger partial charge in [-0.25, -0.2) is 0 Å². The number of rotatable bonds is 2. The molecule has 4 rings (SSSR count). The van der Waals surface area contributed by atoms with Crippen molar-refractivity contribution in [3.8, 4) is 5.75 Å². The van der Waals surface area contributed by atoms with Crippen LogP contribution in [0.5, 0.6) is 5.75 Å². The quantitative estimate of drug-likeness (QED) is 0.669. The summed E-state index contributed by atoms with van der Waals surface area (Å²) in [6, 6.07) is 7.77. The lowest BCUT2D eigenvalue weighted by Gasteiger charge is -2.55. The number of carbonyl (C=O) groups is 2. The zero-order chi connectivity index (χ0) is 16.9. The van der Waals surface area contributed by atoms with E-state index in [1.807, 2.05) is 38.1 Å². The van der Waals surface area contributed by atoms with Crippen LogP contribution in [-0.2, 0) is 14.3 Å². The summed E-state index contributed by atoms with van der Waals surface area (Å²) in [6.45, 7) is 3.61. The van der Waals surface area contributed by atoms with E-state index in [0.717, 1.165) is 37.0 Å². The van der Waals surface area contributed by atoms with Crippen LogP contribution in [0.4, 0.5) is 0 Å². The Hall–Kier alpha value is -2.04. The number of ether oxygens (including phenoxy) is 2. The Bertz CT molecular complexity index is 686. The maximum atomic E-state index is 12.8. The minimum atomic E-state index is -0.798. The summed E-state index contributed by atoms with van der Waals surface area (Å²) >= 11 is 0. The summed E-state index contributed by atoms with van der Waals surface area (Å²) in [5, 5.41) is 3.05. The maximum Gasteiger partial charge on any atom is 0.319 e. The van der Waals surface area contributed by atoms with Gasteiger partial charge in [0.2, 0.25) is 5.91 Å². The molecule has 1 aliphatic carbocycles. The molecule has 1 saturated carbocycles. The first-order valence-electron chi connectivity index (χ1n) is 8.82. The molecule has 0 unspecified atom stereocenters. The van der Waals surface area contributed by atoms with Gasteiger partial charge in [-0.15, -0.1) is 0 Å². The predicted octanol–water partition coefficient (Wildman–Crippen LogP) is 2.75. The molecule has 0 radical (unpaired) electrons. The summed E-state index contributed by atoms with van der Waals surface area (Å²) in [4.78, 5) is 25.5. The van der Waals surface area contributed by atoms with Crippen LogP contribution in [0, 0.1) is 11.8 Å². The van der Waals surface area contributed by atoms with Gasteiger partial charge in [0.1, 0.15) is 11.7 Å². The fourth-order valence-corrected chi connectivity index (χ4v) is 4.63. The number of fused-ring (bicyclic) bond motifs is 2. The standard InChI is InChI=1S/C19H23NO4/c1-11(2)23-18(22)16-15-12-7-3-4-9-14(12)24-19(20-17(16)21)10-6-5-8-13(15)19/h3-4,7,9,11,13,15-16H,5-6,8,10H2,1-2H3,(H,20,21)/t13-,15+,16+,19+/m0/s1. The number of para-hydroxylation sites is 1. The topological polar surface area (TPSA) is 64.6 Å². The summed E-state index contributed by atoms with van der Waals surface area (Å²) in [5.74, 6) is -0.767. The van der Waals surface area contributed by atoms with Gasteiger partial charge in [0, 0.05) is 18.3 Å². The molecule has 3 aliphatic rings. The summed E-state index contributed by atoms with van der Waals surface area (Å²) < 4.78 is 11.7. The summed E-state index contributed by atoms with van der Waals surface area (Å²) in [5.41, 5.74) is 0.295. The SMILES string of the molecule is CC(C)OC(=O)[C@H]1C(=O)N[C@@]23CCCC[C@H]2[C@H]1c1ccccc1O3. The Labute approximate surface area is 141 Å². The van der Waals surface area contributed by atoms with Gasteiger partial charge in [-0.05, 0) is 38.3 Å². The molecule has 2 bridgehead atoms. The van der Waals surface area contributed by atoms with E-state index in [1.165, 1.54) is 0 Å². The molecule has 24 heavy (non-hydrogen) atoms. The number of hydrogen-bond acceptors (Lipinski definition) is 4.